The van der Waals surface area contributed by atoms with Crippen molar-refractivity contribution in [3.05, 3.63) is 54.5 Å². The first-order chi connectivity index (χ1) is 19.5. The fraction of sp³-hybridized carbons (Fsp3) is 0.500. The van der Waals surface area contributed by atoms with Gasteiger partial charge in [0.25, 0.3) is 0 Å². The maximum atomic E-state index is 13.9. The van der Waals surface area contributed by atoms with Gasteiger partial charge >= 0.3 is 13.7 Å². The molecule has 15 heteroatoms. The zero-order valence-corrected chi connectivity index (χ0v) is 24.0. The number of esters is 1. The smallest absolute Gasteiger partial charge is 0.459 e. The van der Waals surface area contributed by atoms with Crippen molar-refractivity contribution in [2.24, 2.45) is 11.7 Å². The normalized spacial score (nSPS) is 24.8. The molecule has 1 fully saturated rings. The van der Waals surface area contributed by atoms with E-state index in [0.717, 1.165) is 12.8 Å². The molecule has 0 bridgehead atoms. The highest BCUT2D eigenvalue weighted by Crippen LogP contribution is 2.46. The average Bonchev–Trinajstić information content (AvgIpc) is 3.49. The summed E-state index contributed by atoms with van der Waals surface area (Å²) in [5, 5.41) is 28.4. The summed E-state index contributed by atoms with van der Waals surface area (Å²) >= 11 is 0. The first-order valence-corrected chi connectivity index (χ1v) is 14.9. The molecule has 4 rings (SSSR count). The molecule has 1 unspecified atom stereocenters. The number of nitrogens with two attached hydrogens (primary N) is 2. The maximum Gasteiger partial charge on any atom is 0.459 e. The fourth-order valence-corrected chi connectivity index (χ4v) is 5.96. The van der Waals surface area contributed by atoms with E-state index in [9.17, 15) is 19.6 Å². The van der Waals surface area contributed by atoms with Gasteiger partial charge in [-0.3, -0.25) is 15.1 Å². The quantitative estimate of drug-likeness (QED) is 0.142. The largest absolute Gasteiger partial charge is 0.464 e. The van der Waals surface area contributed by atoms with Crippen molar-refractivity contribution in [3.63, 3.8) is 0 Å². The summed E-state index contributed by atoms with van der Waals surface area (Å²) in [6.07, 6.45) is -1.49. The second-order valence-electron chi connectivity index (χ2n) is 9.91. The fourth-order valence-electron chi connectivity index (χ4n) is 4.46. The maximum absolute atomic E-state index is 13.9. The molecule has 1 aromatic carbocycles. The molecule has 7 N–H and O–H groups in total. The molecule has 0 radical (unpaired) electrons. The third-order valence-electron chi connectivity index (χ3n) is 7.07. The van der Waals surface area contributed by atoms with Gasteiger partial charge < -0.3 is 29.9 Å². The van der Waals surface area contributed by atoms with Crippen LogP contribution in [0.1, 0.15) is 39.3 Å². The molecule has 1 aliphatic heterocycles. The number of aliphatic hydroxyl groups is 2. The van der Waals surface area contributed by atoms with E-state index < -0.39 is 50.4 Å². The molecule has 3 heterocycles. The number of aromatic nitrogens is 3. The van der Waals surface area contributed by atoms with Gasteiger partial charge in [-0.15, -0.1) is 0 Å². The second-order valence-corrected chi connectivity index (χ2v) is 11.6. The number of carbonyl (C=O) groups excluding carboxylic acids is 1. The lowest BCUT2D eigenvalue weighted by atomic mass is 10.0. The van der Waals surface area contributed by atoms with Crippen LogP contribution in [0.3, 0.4) is 0 Å². The Morgan fingerprint density at radius 3 is 2.61 bits per heavy atom. The first-order valence-electron chi connectivity index (χ1n) is 13.4. The minimum absolute atomic E-state index is 0.181. The van der Waals surface area contributed by atoms with Gasteiger partial charge in [-0.1, -0.05) is 44.9 Å². The van der Waals surface area contributed by atoms with Crippen LogP contribution >= 0.6 is 7.75 Å². The Labute approximate surface area is 237 Å². The molecular formula is C26H37N6O8P. The van der Waals surface area contributed by atoms with E-state index in [4.69, 9.17) is 30.0 Å². The first kappa shape index (κ1) is 30.8. The van der Waals surface area contributed by atoms with Crippen molar-refractivity contribution < 1.29 is 38.1 Å². The predicted octanol–water partition coefficient (Wildman–Crippen LogP) is 1.70. The van der Waals surface area contributed by atoms with Crippen LogP contribution in [0.4, 0.5) is 5.82 Å². The summed E-state index contributed by atoms with van der Waals surface area (Å²) in [6, 6.07) is 10.3. The van der Waals surface area contributed by atoms with Crippen molar-refractivity contribution in [2.45, 2.75) is 63.7 Å². The number of benzene rings is 1. The number of anilines is 1. The summed E-state index contributed by atoms with van der Waals surface area (Å²) in [5.41, 5.74) is 11.0. The van der Waals surface area contributed by atoms with Crippen LogP contribution in [0.2, 0.25) is 0 Å². The van der Waals surface area contributed by atoms with E-state index in [2.05, 4.69) is 15.2 Å². The van der Waals surface area contributed by atoms with Crippen molar-refractivity contribution in [1.82, 2.24) is 19.7 Å². The highest BCUT2D eigenvalue weighted by atomic mass is 31.2. The van der Waals surface area contributed by atoms with E-state index in [1.54, 1.807) is 42.5 Å². The van der Waals surface area contributed by atoms with Crippen molar-refractivity contribution in [1.29, 1.82) is 0 Å². The van der Waals surface area contributed by atoms with Crippen LogP contribution in [0.15, 0.2) is 48.8 Å². The van der Waals surface area contributed by atoms with Gasteiger partial charge in [-0.25, -0.2) is 14.1 Å². The molecule has 1 aliphatic rings. The SMILES string of the molecule is CCC(CC)COC(=O)[C@H](C)NP(=O)(OC[C@H]1O[C@@](N)(c2ccc3c(N)ncnn23)[C@H](O)[C@@H]1O)Oc1ccccc1. The molecule has 1 saturated heterocycles. The number of hydrogen-bond donors (Lipinski definition) is 5. The molecule has 0 spiro atoms. The molecule has 0 saturated carbocycles. The third-order valence-corrected chi connectivity index (χ3v) is 8.71. The number of ether oxygens (including phenoxy) is 2. The minimum Gasteiger partial charge on any atom is -0.464 e. The molecule has 14 nitrogen and oxygen atoms in total. The Bertz CT molecular complexity index is 1370. The molecular weight excluding hydrogens is 555 g/mol. The van der Waals surface area contributed by atoms with Gasteiger partial charge in [0.2, 0.25) is 0 Å². The molecule has 0 amide bonds. The zero-order valence-electron chi connectivity index (χ0n) is 23.1. The number of nitrogens with one attached hydrogen (secondary N) is 1. The van der Waals surface area contributed by atoms with Crippen LogP contribution in [0.25, 0.3) is 5.52 Å². The van der Waals surface area contributed by atoms with Crippen LogP contribution in [0, 0.1) is 5.92 Å². The lowest BCUT2D eigenvalue weighted by Crippen LogP contribution is -2.49. The van der Waals surface area contributed by atoms with Crippen LogP contribution in [-0.2, 0) is 29.1 Å². The standard InChI is InChI=1S/C26H37N6O8P/c1-4-17(5-2)13-37-25(35)16(3)31-41(36,40-18-9-7-6-8-10-18)38-14-20-22(33)23(34)26(28,39-20)21-12-11-19-24(27)29-15-30-32(19)21/h6-12,15-17,20,22-23,33-34H,4-5,13-14,28H2,1-3H3,(H,31,36)(H2,27,29,30)/t16-,20+,22+,23+,26-,41?/m0/s1. The van der Waals surface area contributed by atoms with Gasteiger partial charge in [0, 0.05) is 0 Å². The van der Waals surface area contributed by atoms with Gasteiger partial charge in [-0.05, 0) is 37.1 Å². The predicted molar refractivity (Wildman–Crippen MR) is 148 cm³/mol. The van der Waals surface area contributed by atoms with Crippen molar-refractivity contribution >= 4 is 25.1 Å². The number of hydrogen-bond acceptors (Lipinski definition) is 12. The van der Waals surface area contributed by atoms with E-state index >= 15 is 0 Å². The number of nitrogens with zero attached hydrogens (tertiary/aromatic N) is 3. The molecule has 6 atom stereocenters. The number of para-hydroxylation sites is 1. The molecule has 224 valence electrons. The van der Waals surface area contributed by atoms with Gasteiger partial charge in [0.05, 0.1) is 18.9 Å². The highest BCUT2D eigenvalue weighted by Gasteiger charge is 2.55. The van der Waals surface area contributed by atoms with Crippen LogP contribution in [0.5, 0.6) is 5.75 Å². The Balaban J connectivity index is 1.50. The van der Waals surface area contributed by atoms with Gasteiger partial charge in [0.1, 0.15) is 41.9 Å². The van der Waals surface area contributed by atoms with Crippen LogP contribution in [-0.4, -0.2) is 68.3 Å². The van der Waals surface area contributed by atoms with E-state index in [1.807, 2.05) is 13.8 Å². The van der Waals surface area contributed by atoms with E-state index in [1.165, 1.54) is 17.8 Å². The Morgan fingerprint density at radius 1 is 1.22 bits per heavy atom. The Hall–Kier alpha value is -3.10. The summed E-state index contributed by atoms with van der Waals surface area (Å²) < 4.78 is 37.8. The van der Waals surface area contributed by atoms with Crippen molar-refractivity contribution in [3.8, 4) is 5.75 Å². The highest BCUT2D eigenvalue weighted by molar-refractivity contribution is 7.52. The number of carbonyl (C=O) groups is 1. The zero-order chi connectivity index (χ0) is 29.8. The lowest BCUT2D eigenvalue weighted by Gasteiger charge is -2.27. The summed E-state index contributed by atoms with van der Waals surface area (Å²) in [7, 11) is -4.27. The van der Waals surface area contributed by atoms with Gasteiger partial charge in [-0.2, -0.15) is 10.2 Å². The van der Waals surface area contributed by atoms with Crippen molar-refractivity contribution in [2.75, 3.05) is 18.9 Å². The Morgan fingerprint density at radius 2 is 1.93 bits per heavy atom. The third kappa shape index (κ3) is 6.70. The minimum atomic E-state index is -4.27. The molecule has 3 aromatic rings. The monoisotopic (exact) mass is 592 g/mol. The number of aliphatic hydroxyl groups excluding tert-OH is 2. The molecule has 2 aromatic heterocycles. The summed E-state index contributed by atoms with van der Waals surface area (Å²) in [6.45, 7) is 5.19. The summed E-state index contributed by atoms with van der Waals surface area (Å²) in [5.74, 6) is -0.0361. The van der Waals surface area contributed by atoms with E-state index in [-0.39, 0.29) is 29.8 Å². The van der Waals surface area contributed by atoms with Gasteiger partial charge in [0.15, 0.2) is 11.5 Å². The average molecular weight is 593 g/mol. The van der Waals surface area contributed by atoms with Crippen LogP contribution < -0.4 is 21.1 Å². The van der Waals surface area contributed by atoms with E-state index in [0.29, 0.717) is 5.52 Å². The molecule has 41 heavy (non-hydrogen) atoms. The topological polar surface area (TPSA) is 206 Å². The number of rotatable bonds is 13. The number of nitrogen functional groups attached to an aromatic ring is 1. The second kappa shape index (κ2) is 12.8. The Kier molecular flexibility index (Phi) is 9.65. The molecule has 0 aliphatic carbocycles. The lowest BCUT2D eigenvalue weighted by molar-refractivity contribution is -0.146. The number of fused-ring (bicyclic) bond motifs is 1. The summed E-state index contributed by atoms with van der Waals surface area (Å²) in [4.78, 5) is 16.6.